The number of benzene rings is 1. The average molecular weight is 333 g/mol. The van der Waals surface area contributed by atoms with Gasteiger partial charge in [0.25, 0.3) is 0 Å². The van der Waals surface area contributed by atoms with Crippen LogP contribution in [0.3, 0.4) is 0 Å². The van der Waals surface area contributed by atoms with E-state index in [1.807, 2.05) is 36.5 Å². The molecule has 118 valence electrons. The first kappa shape index (κ1) is 15.3. The molecule has 0 fully saturated rings. The predicted molar refractivity (Wildman–Crippen MR) is 86.6 cm³/mol. The lowest BCUT2D eigenvalue weighted by atomic mass is 10.3. The summed E-state index contributed by atoms with van der Waals surface area (Å²) in [6, 6.07) is 10.6. The predicted octanol–water partition coefficient (Wildman–Crippen LogP) is 3.68. The number of aromatic nitrogens is 3. The first-order chi connectivity index (χ1) is 11.2. The molecule has 0 spiro atoms. The smallest absolute Gasteiger partial charge is 0.166 e. The zero-order valence-corrected chi connectivity index (χ0v) is 13.1. The Kier molecular flexibility index (Phi) is 4.43. The van der Waals surface area contributed by atoms with Crippen LogP contribution in [0.2, 0.25) is 5.02 Å². The Morgan fingerprint density at radius 2 is 2.04 bits per heavy atom. The van der Waals surface area contributed by atoms with Crippen LogP contribution in [0.25, 0.3) is 5.69 Å². The molecule has 0 radical (unpaired) electrons. The summed E-state index contributed by atoms with van der Waals surface area (Å²) in [6.45, 7) is 0.356. The molecule has 5 nitrogen and oxygen atoms in total. The highest BCUT2D eigenvalue weighted by atomic mass is 35.5. The van der Waals surface area contributed by atoms with Crippen LogP contribution in [0.5, 0.6) is 5.75 Å². The van der Waals surface area contributed by atoms with Gasteiger partial charge in [-0.05, 0) is 36.4 Å². The lowest BCUT2D eigenvalue weighted by Crippen LogP contribution is -2.05. The molecule has 1 N–H and O–H groups in total. The zero-order chi connectivity index (χ0) is 16.2. The molecule has 0 saturated carbocycles. The van der Waals surface area contributed by atoms with Gasteiger partial charge in [0.05, 0.1) is 30.1 Å². The van der Waals surface area contributed by atoms with E-state index < -0.39 is 5.82 Å². The summed E-state index contributed by atoms with van der Waals surface area (Å²) in [7, 11) is 1.62. The summed E-state index contributed by atoms with van der Waals surface area (Å²) in [4.78, 5) is 3.91. The maximum atomic E-state index is 13.6. The number of methoxy groups -OCH3 is 1. The third-order valence-corrected chi connectivity index (χ3v) is 3.43. The van der Waals surface area contributed by atoms with Gasteiger partial charge in [0.1, 0.15) is 5.75 Å². The van der Waals surface area contributed by atoms with Gasteiger partial charge in [-0.1, -0.05) is 11.6 Å². The first-order valence-corrected chi connectivity index (χ1v) is 7.27. The Balaban J connectivity index is 1.69. The van der Waals surface area contributed by atoms with Crippen molar-refractivity contribution in [2.24, 2.45) is 0 Å². The van der Waals surface area contributed by atoms with Crippen LogP contribution in [0, 0.1) is 5.82 Å². The normalized spacial score (nSPS) is 10.6. The lowest BCUT2D eigenvalue weighted by molar-refractivity contribution is 0.414. The van der Waals surface area contributed by atoms with Crippen molar-refractivity contribution in [3.8, 4) is 11.4 Å². The molecule has 2 heterocycles. The molecule has 2 aromatic heterocycles. The van der Waals surface area contributed by atoms with Crippen molar-refractivity contribution in [2.75, 3.05) is 12.4 Å². The topological polar surface area (TPSA) is 52.0 Å². The number of nitrogens with one attached hydrogen (secondary N) is 1. The quantitative estimate of drug-likeness (QED) is 0.774. The van der Waals surface area contributed by atoms with Crippen LogP contribution in [0.4, 0.5) is 10.2 Å². The Morgan fingerprint density at radius 1 is 1.26 bits per heavy atom. The molecular weight excluding hydrogens is 319 g/mol. The Morgan fingerprint density at radius 3 is 2.74 bits per heavy atom. The number of pyridine rings is 1. The van der Waals surface area contributed by atoms with E-state index in [4.69, 9.17) is 16.3 Å². The zero-order valence-electron chi connectivity index (χ0n) is 12.3. The van der Waals surface area contributed by atoms with Gasteiger partial charge >= 0.3 is 0 Å². The summed E-state index contributed by atoms with van der Waals surface area (Å²) in [6.07, 6.45) is 3.23. The SMILES string of the molecule is COc1ccc(-n2ccc(CNc3ncc(Cl)cc3F)n2)cc1. The van der Waals surface area contributed by atoms with E-state index in [9.17, 15) is 4.39 Å². The number of nitrogens with zero attached hydrogens (tertiary/aromatic N) is 3. The fourth-order valence-corrected chi connectivity index (χ4v) is 2.20. The summed E-state index contributed by atoms with van der Waals surface area (Å²) in [5.41, 5.74) is 1.67. The van der Waals surface area contributed by atoms with Crippen LogP contribution < -0.4 is 10.1 Å². The van der Waals surface area contributed by atoms with Gasteiger partial charge in [-0.25, -0.2) is 14.1 Å². The molecule has 0 unspecified atom stereocenters. The monoisotopic (exact) mass is 332 g/mol. The van der Waals surface area contributed by atoms with Crippen LogP contribution in [-0.2, 0) is 6.54 Å². The highest BCUT2D eigenvalue weighted by molar-refractivity contribution is 6.30. The summed E-state index contributed by atoms with van der Waals surface area (Å²) < 4.78 is 20.5. The van der Waals surface area contributed by atoms with E-state index in [0.29, 0.717) is 6.54 Å². The molecule has 23 heavy (non-hydrogen) atoms. The molecule has 0 aliphatic carbocycles. The third-order valence-electron chi connectivity index (χ3n) is 3.23. The number of halogens is 2. The van der Waals surface area contributed by atoms with Crippen molar-refractivity contribution in [1.82, 2.24) is 14.8 Å². The van der Waals surface area contributed by atoms with Crippen LogP contribution in [0.15, 0.2) is 48.8 Å². The molecule has 3 aromatic rings. The Labute approximate surface area is 137 Å². The molecule has 0 saturated heterocycles. The van der Waals surface area contributed by atoms with Crippen molar-refractivity contribution in [1.29, 1.82) is 0 Å². The molecule has 0 atom stereocenters. The molecule has 0 amide bonds. The van der Waals surface area contributed by atoms with Gasteiger partial charge in [0.2, 0.25) is 0 Å². The van der Waals surface area contributed by atoms with E-state index in [0.717, 1.165) is 17.1 Å². The summed E-state index contributed by atoms with van der Waals surface area (Å²) in [5, 5.41) is 7.60. The molecule has 1 aromatic carbocycles. The molecule has 3 rings (SSSR count). The fraction of sp³-hybridized carbons (Fsp3) is 0.125. The standard InChI is InChI=1S/C16H14ClFN4O/c1-23-14-4-2-13(3-5-14)22-7-6-12(21-22)10-20-16-15(18)8-11(17)9-19-16/h2-9H,10H2,1H3,(H,19,20). The van der Waals surface area contributed by atoms with E-state index in [1.54, 1.807) is 11.8 Å². The van der Waals surface area contributed by atoms with Gasteiger partial charge in [-0.2, -0.15) is 5.10 Å². The number of hydrogen-bond donors (Lipinski definition) is 1. The molecule has 0 aliphatic heterocycles. The van der Waals surface area contributed by atoms with E-state index >= 15 is 0 Å². The second kappa shape index (κ2) is 6.66. The van der Waals surface area contributed by atoms with Gasteiger partial charge in [-0.15, -0.1) is 0 Å². The van der Waals surface area contributed by atoms with Crippen molar-refractivity contribution >= 4 is 17.4 Å². The minimum Gasteiger partial charge on any atom is -0.497 e. The van der Waals surface area contributed by atoms with Crippen LogP contribution in [0.1, 0.15) is 5.69 Å². The summed E-state index contributed by atoms with van der Waals surface area (Å²) in [5.74, 6) is 0.438. The van der Waals surface area contributed by atoms with E-state index in [-0.39, 0.29) is 10.8 Å². The van der Waals surface area contributed by atoms with Gasteiger partial charge < -0.3 is 10.1 Å². The average Bonchev–Trinajstić information content (AvgIpc) is 3.03. The molecule has 0 bridgehead atoms. The van der Waals surface area contributed by atoms with E-state index in [2.05, 4.69) is 15.4 Å². The minimum absolute atomic E-state index is 0.147. The van der Waals surface area contributed by atoms with Gasteiger partial charge in [-0.3, -0.25) is 0 Å². The van der Waals surface area contributed by atoms with Gasteiger partial charge in [0, 0.05) is 12.4 Å². The maximum absolute atomic E-state index is 13.6. The largest absolute Gasteiger partial charge is 0.497 e. The van der Waals surface area contributed by atoms with Crippen molar-refractivity contribution in [3.63, 3.8) is 0 Å². The second-order valence-corrected chi connectivity index (χ2v) is 5.22. The Bertz CT molecular complexity index is 804. The molecule has 7 heteroatoms. The van der Waals surface area contributed by atoms with Crippen LogP contribution >= 0.6 is 11.6 Å². The third kappa shape index (κ3) is 3.60. The van der Waals surface area contributed by atoms with Gasteiger partial charge in [0.15, 0.2) is 11.6 Å². The number of anilines is 1. The van der Waals surface area contributed by atoms with Crippen LogP contribution in [-0.4, -0.2) is 21.9 Å². The highest BCUT2D eigenvalue weighted by Gasteiger charge is 2.06. The van der Waals surface area contributed by atoms with E-state index in [1.165, 1.54) is 12.3 Å². The van der Waals surface area contributed by atoms with Crippen molar-refractivity contribution < 1.29 is 9.13 Å². The second-order valence-electron chi connectivity index (χ2n) is 4.79. The first-order valence-electron chi connectivity index (χ1n) is 6.89. The summed E-state index contributed by atoms with van der Waals surface area (Å²) >= 11 is 5.67. The minimum atomic E-state index is -0.493. The van der Waals surface area contributed by atoms with Crippen molar-refractivity contribution in [2.45, 2.75) is 6.54 Å². The lowest BCUT2D eigenvalue weighted by Gasteiger charge is -2.05. The maximum Gasteiger partial charge on any atom is 0.166 e. The fourth-order valence-electron chi connectivity index (χ4n) is 2.05. The number of hydrogen-bond acceptors (Lipinski definition) is 4. The number of ether oxygens (including phenoxy) is 1. The highest BCUT2D eigenvalue weighted by Crippen LogP contribution is 2.17. The number of rotatable bonds is 5. The Hall–Kier alpha value is -2.60. The molecular formula is C16H14ClFN4O. The van der Waals surface area contributed by atoms with Crippen molar-refractivity contribution in [3.05, 3.63) is 65.3 Å². The molecule has 0 aliphatic rings.